The van der Waals surface area contributed by atoms with Crippen LogP contribution < -0.4 is 4.90 Å². The van der Waals surface area contributed by atoms with Crippen LogP contribution in [0, 0.1) is 0 Å². The van der Waals surface area contributed by atoms with Gasteiger partial charge in [0.05, 0.1) is 10.0 Å². The van der Waals surface area contributed by atoms with Crippen molar-refractivity contribution in [2.75, 3.05) is 11.4 Å². The maximum absolute atomic E-state index is 13.2. The first-order valence-electron chi connectivity index (χ1n) is 10.0. The normalized spacial score (nSPS) is 12.6. The van der Waals surface area contributed by atoms with E-state index in [0.717, 1.165) is 34.4 Å². The Bertz CT molecular complexity index is 1270. The molecule has 0 saturated carbocycles. The zero-order valence-corrected chi connectivity index (χ0v) is 18.1. The Morgan fingerprint density at radius 3 is 2.13 bits per heavy atom. The highest BCUT2D eigenvalue weighted by Gasteiger charge is 2.26. The molecule has 1 aliphatic rings. The van der Waals surface area contributed by atoms with Gasteiger partial charge in [-0.1, -0.05) is 47.5 Å². The summed E-state index contributed by atoms with van der Waals surface area (Å²) in [6, 6.07) is 23.4. The van der Waals surface area contributed by atoms with E-state index in [1.807, 2.05) is 59.5 Å². The van der Waals surface area contributed by atoms with Crippen molar-refractivity contribution >= 4 is 34.8 Å². The van der Waals surface area contributed by atoms with Crippen LogP contribution in [0.3, 0.4) is 0 Å². The number of carbonyl (C=O) groups is 1. The highest BCUT2D eigenvalue weighted by Crippen LogP contribution is 2.34. The van der Waals surface area contributed by atoms with Crippen LogP contribution in [-0.4, -0.2) is 17.4 Å². The van der Waals surface area contributed by atoms with E-state index in [2.05, 4.69) is 17.1 Å². The Hall–Kier alpha value is -3.14. The molecule has 0 atom stereocenters. The fraction of sp³-hybridized carbons (Fsp3) is 0.0769. The number of nitrogens with zero attached hydrogens (tertiary/aromatic N) is 2. The fourth-order valence-electron chi connectivity index (χ4n) is 3.97. The molecule has 0 aliphatic carbocycles. The first-order valence-corrected chi connectivity index (χ1v) is 10.8. The zero-order chi connectivity index (χ0) is 21.4. The molecule has 3 nitrogen and oxygen atoms in total. The molecule has 1 aliphatic heterocycles. The van der Waals surface area contributed by atoms with Gasteiger partial charge in [-0.3, -0.25) is 9.78 Å². The predicted molar refractivity (Wildman–Crippen MR) is 127 cm³/mol. The average Bonchev–Trinajstić information content (AvgIpc) is 3.24. The molecule has 0 N–H and O–H groups in total. The molecule has 0 saturated heterocycles. The molecule has 0 unspecified atom stereocenters. The largest absolute Gasteiger partial charge is 0.308 e. The SMILES string of the molecule is O=C(c1ccc(-c2ccc(Cl)c(Cl)c2)cc1)N1CCc2cc(-c3ccncc3)ccc21. The van der Waals surface area contributed by atoms with Crippen molar-refractivity contribution in [2.24, 2.45) is 0 Å². The van der Waals surface area contributed by atoms with Gasteiger partial charge in [0.2, 0.25) is 0 Å². The van der Waals surface area contributed by atoms with Crippen LogP contribution in [0.4, 0.5) is 5.69 Å². The molecule has 31 heavy (non-hydrogen) atoms. The number of rotatable bonds is 3. The maximum atomic E-state index is 13.2. The highest BCUT2D eigenvalue weighted by atomic mass is 35.5. The summed E-state index contributed by atoms with van der Waals surface area (Å²) in [5.74, 6) is 0.0103. The summed E-state index contributed by atoms with van der Waals surface area (Å²) in [6.45, 7) is 0.683. The average molecular weight is 445 g/mol. The van der Waals surface area contributed by atoms with Crippen LogP contribution in [0.2, 0.25) is 10.0 Å². The lowest BCUT2D eigenvalue weighted by molar-refractivity contribution is 0.0989. The third-order valence-corrected chi connectivity index (χ3v) is 6.36. The van der Waals surface area contributed by atoms with Crippen LogP contribution in [0.25, 0.3) is 22.3 Å². The molecule has 4 aromatic rings. The van der Waals surface area contributed by atoms with Crippen molar-refractivity contribution < 1.29 is 4.79 Å². The summed E-state index contributed by atoms with van der Waals surface area (Å²) in [5.41, 5.74) is 7.05. The summed E-state index contributed by atoms with van der Waals surface area (Å²) in [4.78, 5) is 19.1. The van der Waals surface area contributed by atoms with Crippen LogP contribution in [0.1, 0.15) is 15.9 Å². The monoisotopic (exact) mass is 444 g/mol. The van der Waals surface area contributed by atoms with E-state index >= 15 is 0 Å². The van der Waals surface area contributed by atoms with Crippen molar-refractivity contribution in [3.05, 3.63) is 106 Å². The fourth-order valence-corrected chi connectivity index (χ4v) is 4.27. The van der Waals surface area contributed by atoms with Crippen molar-refractivity contribution in [3.63, 3.8) is 0 Å². The van der Waals surface area contributed by atoms with E-state index in [-0.39, 0.29) is 5.91 Å². The van der Waals surface area contributed by atoms with Gasteiger partial charge in [0.25, 0.3) is 5.91 Å². The van der Waals surface area contributed by atoms with Gasteiger partial charge in [0.1, 0.15) is 0 Å². The minimum Gasteiger partial charge on any atom is -0.308 e. The van der Waals surface area contributed by atoms with Crippen LogP contribution in [0.15, 0.2) is 85.2 Å². The molecule has 2 heterocycles. The van der Waals surface area contributed by atoms with Crippen molar-refractivity contribution in [2.45, 2.75) is 6.42 Å². The Kier molecular flexibility index (Phi) is 5.23. The van der Waals surface area contributed by atoms with Gasteiger partial charge in [0, 0.05) is 30.2 Å². The molecule has 0 fully saturated rings. The third kappa shape index (κ3) is 3.83. The van der Waals surface area contributed by atoms with E-state index in [1.54, 1.807) is 18.5 Å². The quantitative estimate of drug-likeness (QED) is 0.343. The van der Waals surface area contributed by atoms with Crippen molar-refractivity contribution in [1.82, 2.24) is 4.98 Å². The number of fused-ring (bicyclic) bond motifs is 1. The molecule has 1 amide bonds. The molecule has 5 heteroatoms. The number of pyridine rings is 1. The zero-order valence-electron chi connectivity index (χ0n) is 16.6. The molecule has 0 spiro atoms. The second-order valence-electron chi connectivity index (χ2n) is 7.49. The van der Waals surface area contributed by atoms with E-state index in [1.165, 1.54) is 5.56 Å². The number of hydrogen-bond donors (Lipinski definition) is 0. The van der Waals surface area contributed by atoms with Gasteiger partial charge >= 0.3 is 0 Å². The van der Waals surface area contributed by atoms with Crippen molar-refractivity contribution in [1.29, 1.82) is 0 Å². The summed E-state index contributed by atoms with van der Waals surface area (Å²) in [5, 5.41) is 1.04. The van der Waals surface area contributed by atoms with Gasteiger partial charge in [-0.25, -0.2) is 0 Å². The first-order chi connectivity index (χ1) is 15.1. The Morgan fingerprint density at radius 1 is 0.742 bits per heavy atom. The second kappa shape index (κ2) is 8.18. The van der Waals surface area contributed by atoms with Crippen LogP contribution in [-0.2, 0) is 6.42 Å². The topological polar surface area (TPSA) is 33.2 Å². The number of hydrogen-bond acceptors (Lipinski definition) is 2. The lowest BCUT2D eigenvalue weighted by Crippen LogP contribution is -2.28. The van der Waals surface area contributed by atoms with Gasteiger partial charge in [0.15, 0.2) is 0 Å². The molecule has 0 radical (unpaired) electrons. The third-order valence-electron chi connectivity index (χ3n) is 5.62. The second-order valence-corrected chi connectivity index (χ2v) is 8.31. The van der Waals surface area contributed by atoms with E-state index in [9.17, 15) is 4.79 Å². The molecule has 3 aromatic carbocycles. The number of benzene rings is 3. The van der Waals surface area contributed by atoms with Gasteiger partial charge in [-0.15, -0.1) is 0 Å². The summed E-state index contributed by atoms with van der Waals surface area (Å²) in [7, 11) is 0. The number of carbonyl (C=O) groups excluding carboxylic acids is 1. The molecular weight excluding hydrogens is 427 g/mol. The highest BCUT2D eigenvalue weighted by molar-refractivity contribution is 6.42. The summed E-state index contributed by atoms with van der Waals surface area (Å²) in [6.07, 6.45) is 4.43. The summed E-state index contributed by atoms with van der Waals surface area (Å²) < 4.78 is 0. The van der Waals surface area contributed by atoms with E-state index in [4.69, 9.17) is 23.2 Å². The maximum Gasteiger partial charge on any atom is 0.258 e. The number of anilines is 1. The molecular formula is C26H18Cl2N2O. The molecule has 5 rings (SSSR count). The first kappa shape index (κ1) is 19.8. The minimum atomic E-state index is 0.0103. The van der Waals surface area contributed by atoms with Crippen molar-refractivity contribution in [3.8, 4) is 22.3 Å². The van der Waals surface area contributed by atoms with Crippen LogP contribution in [0.5, 0.6) is 0 Å². The lowest BCUT2D eigenvalue weighted by Gasteiger charge is -2.18. The van der Waals surface area contributed by atoms with Crippen LogP contribution >= 0.6 is 23.2 Å². The Labute approximate surface area is 190 Å². The van der Waals surface area contributed by atoms with E-state index < -0.39 is 0 Å². The smallest absolute Gasteiger partial charge is 0.258 e. The molecule has 152 valence electrons. The Morgan fingerprint density at radius 2 is 1.39 bits per heavy atom. The standard InChI is InChI=1S/C26H18Cl2N2O/c27-23-7-5-21(16-24(23)28)17-1-3-19(4-2-17)26(31)30-14-11-22-15-20(6-8-25(22)30)18-9-12-29-13-10-18/h1-10,12-13,15-16H,11,14H2. The predicted octanol–water partition coefficient (Wildman–Crippen LogP) is 6.93. The lowest BCUT2D eigenvalue weighted by atomic mass is 10.0. The van der Waals surface area contributed by atoms with Gasteiger partial charge in [-0.05, 0) is 82.8 Å². The Balaban J connectivity index is 1.38. The molecule has 0 bridgehead atoms. The number of amides is 1. The number of halogens is 2. The number of aromatic nitrogens is 1. The van der Waals surface area contributed by atoms with E-state index in [0.29, 0.717) is 22.2 Å². The molecule has 1 aromatic heterocycles. The van der Waals surface area contributed by atoms with Gasteiger partial charge < -0.3 is 4.90 Å². The van der Waals surface area contributed by atoms with Gasteiger partial charge in [-0.2, -0.15) is 0 Å². The minimum absolute atomic E-state index is 0.0103. The summed E-state index contributed by atoms with van der Waals surface area (Å²) >= 11 is 12.1.